The van der Waals surface area contributed by atoms with Crippen LogP contribution in [0.1, 0.15) is 24.4 Å². The third-order valence-corrected chi connectivity index (χ3v) is 2.78. The fraction of sp³-hybridized carbons (Fsp3) is 0.286. The highest BCUT2D eigenvalue weighted by Crippen LogP contribution is 2.19. The largest absolute Gasteiger partial charge is 0.486 e. The van der Waals surface area contributed by atoms with Crippen LogP contribution in [-0.2, 0) is 6.61 Å². The number of rotatable bonds is 5. The zero-order valence-corrected chi connectivity index (χ0v) is 10.6. The van der Waals surface area contributed by atoms with Crippen LogP contribution < -0.4 is 10.1 Å². The van der Waals surface area contributed by atoms with Crippen molar-refractivity contribution in [1.29, 1.82) is 0 Å². The van der Waals surface area contributed by atoms with Crippen molar-refractivity contribution in [1.82, 2.24) is 15.3 Å². The minimum atomic E-state index is 0.307. The van der Waals surface area contributed by atoms with Gasteiger partial charge in [0.05, 0.1) is 0 Å². The van der Waals surface area contributed by atoms with Crippen LogP contribution in [-0.4, -0.2) is 17.0 Å². The molecule has 0 aliphatic heterocycles. The first kappa shape index (κ1) is 12.5. The van der Waals surface area contributed by atoms with E-state index in [0.717, 1.165) is 5.75 Å². The lowest BCUT2D eigenvalue weighted by Crippen LogP contribution is -2.12. The average molecular weight is 243 g/mol. The van der Waals surface area contributed by atoms with Crippen molar-refractivity contribution >= 4 is 0 Å². The molecule has 1 atom stereocenters. The van der Waals surface area contributed by atoms with Gasteiger partial charge in [-0.3, -0.25) is 0 Å². The Balaban J connectivity index is 2.01. The monoisotopic (exact) mass is 243 g/mol. The number of hydrogen-bond donors (Lipinski definition) is 1. The van der Waals surface area contributed by atoms with Crippen LogP contribution in [0.4, 0.5) is 0 Å². The molecule has 1 N–H and O–H groups in total. The van der Waals surface area contributed by atoms with Gasteiger partial charge in [-0.15, -0.1) is 0 Å². The quantitative estimate of drug-likeness (QED) is 0.875. The van der Waals surface area contributed by atoms with Gasteiger partial charge < -0.3 is 10.1 Å². The van der Waals surface area contributed by atoms with Crippen LogP contribution in [0.3, 0.4) is 0 Å². The molecule has 2 aromatic rings. The maximum atomic E-state index is 5.67. The van der Waals surface area contributed by atoms with Gasteiger partial charge in [0, 0.05) is 18.4 Å². The Kier molecular flexibility index (Phi) is 4.25. The summed E-state index contributed by atoms with van der Waals surface area (Å²) in [7, 11) is 1.94. The Bertz CT molecular complexity index is 487. The number of benzene rings is 1. The van der Waals surface area contributed by atoms with Crippen LogP contribution in [0, 0.1) is 0 Å². The molecule has 4 heteroatoms. The summed E-state index contributed by atoms with van der Waals surface area (Å²) < 4.78 is 5.67. The highest BCUT2D eigenvalue weighted by atomic mass is 16.5. The lowest BCUT2D eigenvalue weighted by atomic mass is 10.1. The van der Waals surface area contributed by atoms with E-state index in [9.17, 15) is 0 Å². The van der Waals surface area contributed by atoms with Gasteiger partial charge in [-0.05, 0) is 37.7 Å². The summed E-state index contributed by atoms with van der Waals surface area (Å²) in [6.07, 6.45) is 3.43. The summed E-state index contributed by atoms with van der Waals surface area (Å²) >= 11 is 0. The highest BCUT2D eigenvalue weighted by molar-refractivity contribution is 5.30. The number of ether oxygens (including phenoxy) is 1. The van der Waals surface area contributed by atoms with Gasteiger partial charge in [-0.25, -0.2) is 9.97 Å². The van der Waals surface area contributed by atoms with Crippen LogP contribution >= 0.6 is 0 Å². The summed E-state index contributed by atoms with van der Waals surface area (Å²) in [5, 5.41) is 3.20. The van der Waals surface area contributed by atoms with Gasteiger partial charge >= 0.3 is 0 Å². The van der Waals surface area contributed by atoms with Crippen molar-refractivity contribution in [2.75, 3.05) is 7.05 Å². The molecule has 1 heterocycles. The molecule has 0 saturated carbocycles. The molecule has 0 radical (unpaired) electrons. The van der Waals surface area contributed by atoms with E-state index in [1.54, 1.807) is 18.5 Å². The van der Waals surface area contributed by atoms with E-state index in [-0.39, 0.29) is 0 Å². The van der Waals surface area contributed by atoms with Crippen LogP contribution in [0.5, 0.6) is 5.75 Å². The summed E-state index contributed by atoms with van der Waals surface area (Å²) in [6, 6.07) is 10.1. The van der Waals surface area contributed by atoms with Gasteiger partial charge in [0.2, 0.25) is 0 Å². The molecule has 0 aliphatic rings. The van der Waals surface area contributed by atoms with Crippen molar-refractivity contribution in [3.05, 3.63) is 54.1 Å². The maximum Gasteiger partial charge on any atom is 0.166 e. The molecule has 0 fully saturated rings. The lowest BCUT2D eigenvalue weighted by molar-refractivity contribution is 0.295. The van der Waals surface area contributed by atoms with E-state index in [1.165, 1.54) is 5.56 Å². The fourth-order valence-corrected chi connectivity index (χ4v) is 1.59. The Morgan fingerprint density at radius 1 is 1.22 bits per heavy atom. The SMILES string of the molecule is CNC(C)c1cccc(OCc2ncccn2)c1. The van der Waals surface area contributed by atoms with E-state index in [4.69, 9.17) is 4.74 Å². The van der Waals surface area contributed by atoms with Gasteiger partial charge in [0.25, 0.3) is 0 Å². The van der Waals surface area contributed by atoms with Gasteiger partial charge in [0.15, 0.2) is 5.82 Å². The van der Waals surface area contributed by atoms with E-state index in [0.29, 0.717) is 18.5 Å². The second kappa shape index (κ2) is 6.12. The topological polar surface area (TPSA) is 47.0 Å². The molecular weight excluding hydrogens is 226 g/mol. The number of aromatic nitrogens is 2. The van der Waals surface area contributed by atoms with Crippen LogP contribution in [0.15, 0.2) is 42.7 Å². The van der Waals surface area contributed by atoms with Gasteiger partial charge in [-0.2, -0.15) is 0 Å². The third-order valence-electron chi connectivity index (χ3n) is 2.78. The first-order valence-electron chi connectivity index (χ1n) is 5.95. The zero-order valence-electron chi connectivity index (χ0n) is 10.6. The van der Waals surface area contributed by atoms with Crippen molar-refractivity contribution in [2.45, 2.75) is 19.6 Å². The van der Waals surface area contributed by atoms with E-state index < -0.39 is 0 Å². The molecule has 1 aromatic heterocycles. The maximum absolute atomic E-state index is 5.67. The van der Waals surface area contributed by atoms with Crippen molar-refractivity contribution in [3.8, 4) is 5.75 Å². The minimum Gasteiger partial charge on any atom is -0.486 e. The molecular formula is C14H17N3O. The minimum absolute atomic E-state index is 0.307. The second-order valence-electron chi connectivity index (χ2n) is 4.04. The summed E-state index contributed by atoms with van der Waals surface area (Å²) in [5.74, 6) is 1.52. The molecule has 1 aromatic carbocycles. The Morgan fingerprint density at radius 2 is 2.00 bits per heavy atom. The highest BCUT2D eigenvalue weighted by Gasteiger charge is 2.04. The third kappa shape index (κ3) is 3.28. The zero-order chi connectivity index (χ0) is 12.8. The van der Waals surface area contributed by atoms with Crippen LogP contribution in [0.25, 0.3) is 0 Å². The first-order valence-corrected chi connectivity index (χ1v) is 5.95. The van der Waals surface area contributed by atoms with Crippen molar-refractivity contribution in [3.63, 3.8) is 0 Å². The molecule has 0 amide bonds. The van der Waals surface area contributed by atoms with Gasteiger partial charge in [-0.1, -0.05) is 12.1 Å². The first-order chi connectivity index (χ1) is 8.79. The van der Waals surface area contributed by atoms with Crippen molar-refractivity contribution in [2.24, 2.45) is 0 Å². The lowest BCUT2D eigenvalue weighted by Gasteiger charge is -2.12. The van der Waals surface area contributed by atoms with E-state index >= 15 is 0 Å². The number of nitrogens with zero attached hydrogens (tertiary/aromatic N) is 2. The summed E-state index contributed by atoms with van der Waals surface area (Å²) in [4.78, 5) is 8.24. The smallest absolute Gasteiger partial charge is 0.166 e. The Morgan fingerprint density at radius 3 is 2.72 bits per heavy atom. The van der Waals surface area contributed by atoms with E-state index in [2.05, 4.69) is 28.3 Å². The Labute approximate surface area is 107 Å². The molecule has 0 aliphatic carbocycles. The molecule has 18 heavy (non-hydrogen) atoms. The molecule has 1 unspecified atom stereocenters. The average Bonchev–Trinajstić information content (AvgIpc) is 2.45. The second-order valence-corrected chi connectivity index (χ2v) is 4.04. The number of nitrogens with one attached hydrogen (secondary N) is 1. The van der Waals surface area contributed by atoms with E-state index in [1.807, 2.05) is 25.2 Å². The standard InChI is InChI=1S/C14H17N3O/c1-11(15-2)12-5-3-6-13(9-12)18-10-14-16-7-4-8-17-14/h3-9,11,15H,10H2,1-2H3. The molecule has 2 rings (SSSR count). The molecule has 0 bridgehead atoms. The summed E-state index contributed by atoms with van der Waals surface area (Å²) in [5.41, 5.74) is 1.20. The molecule has 94 valence electrons. The van der Waals surface area contributed by atoms with Crippen LogP contribution in [0.2, 0.25) is 0 Å². The predicted molar refractivity (Wildman–Crippen MR) is 70.3 cm³/mol. The summed E-state index contributed by atoms with van der Waals surface area (Å²) in [6.45, 7) is 2.50. The Hall–Kier alpha value is -1.94. The van der Waals surface area contributed by atoms with Crippen molar-refractivity contribution < 1.29 is 4.74 Å². The number of hydrogen-bond acceptors (Lipinski definition) is 4. The molecule has 0 saturated heterocycles. The normalized spacial score (nSPS) is 12.1. The molecule has 0 spiro atoms. The predicted octanol–water partition coefficient (Wildman–Crippen LogP) is 2.34. The molecule has 4 nitrogen and oxygen atoms in total. The van der Waals surface area contributed by atoms with Gasteiger partial charge in [0.1, 0.15) is 12.4 Å². The fourth-order valence-electron chi connectivity index (χ4n) is 1.59.